The molecule has 206 valence electrons. The molecule has 0 radical (unpaired) electrons. The molecule has 5 rings (SSSR count). The number of benzene rings is 1. The van der Waals surface area contributed by atoms with E-state index in [0.29, 0.717) is 23.8 Å². The Kier molecular flexibility index (Phi) is 6.95. The predicted octanol–water partition coefficient (Wildman–Crippen LogP) is 4.59. The number of carbonyl (C=O) groups excluding carboxylic acids is 1. The first-order valence-electron chi connectivity index (χ1n) is 13.7. The third-order valence-corrected chi connectivity index (χ3v) is 7.90. The first kappa shape index (κ1) is 26.8. The van der Waals surface area contributed by atoms with Crippen LogP contribution < -0.4 is 11.0 Å². The molecule has 9 heteroatoms. The summed E-state index contributed by atoms with van der Waals surface area (Å²) < 4.78 is 3.48. The van der Waals surface area contributed by atoms with E-state index < -0.39 is 0 Å². The Morgan fingerprint density at radius 3 is 2.59 bits per heavy atom. The van der Waals surface area contributed by atoms with Crippen LogP contribution in [0.1, 0.15) is 71.3 Å². The van der Waals surface area contributed by atoms with Gasteiger partial charge in [0.1, 0.15) is 5.82 Å². The largest absolute Gasteiger partial charge is 0.352 e. The maximum Gasteiger partial charge on any atom is 0.330 e. The minimum absolute atomic E-state index is 0.00734. The highest BCUT2D eigenvalue weighted by Crippen LogP contribution is 2.42. The Morgan fingerprint density at radius 2 is 1.87 bits per heavy atom. The second kappa shape index (κ2) is 10.1. The number of aromatic nitrogens is 6. The number of carbonyl (C=O) groups is 1. The lowest BCUT2D eigenvalue weighted by molar-refractivity contribution is -0.122. The molecular weight excluding hydrogens is 490 g/mol. The number of nitrogens with zero attached hydrogens (tertiary/aromatic N) is 5. The van der Waals surface area contributed by atoms with Crippen LogP contribution in [0.3, 0.4) is 0 Å². The fraction of sp³-hybridized carbons (Fsp3) is 0.500. The van der Waals surface area contributed by atoms with Gasteiger partial charge in [-0.05, 0) is 42.2 Å². The normalized spacial score (nSPS) is 19.3. The van der Waals surface area contributed by atoms with E-state index in [9.17, 15) is 9.59 Å². The topological polar surface area (TPSA) is 110 Å². The average Bonchev–Trinajstić information content (AvgIpc) is 3.43. The molecule has 4 aromatic rings. The summed E-state index contributed by atoms with van der Waals surface area (Å²) in [6.45, 7) is 11.4. The van der Waals surface area contributed by atoms with Gasteiger partial charge < -0.3 is 10.3 Å². The molecule has 0 bridgehead atoms. The predicted molar refractivity (Wildman–Crippen MR) is 152 cm³/mol. The molecule has 0 aliphatic heterocycles. The van der Waals surface area contributed by atoms with Crippen molar-refractivity contribution in [2.24, 2.45) is 17.9 Å². The second-order valence-corrected chi connectivity index (χ2v) is 12.8. The van der Waals surface area contributed by atoms with Gasteiger partial charge in [0.2, 0.25) is 5.91 Å². The van der Waals surface area contributed by atoms with Gasteiger partial charge in [-0.2, -0.15) is 0 Å². The van der Waals surface area contributed by atoms with Crippen molar-refractivity contribution < 1.29 is 4.79 Å². The fourth-order valence-electron chi connectivity index (χ4n) is 5.61. The summed E-state index contributed by atoms with van der Waals surface area (Å²) in [6, 6.07) is 13.8. The molecule has 1 amide bonds. The summed E-state index contributed by atoms with van der Waals surface area (Å²) in [6.07, 6.45) is 2.88. The molecular formula is C30H39N7O2. The van der Waals surface area contributed by atoms with E-state index in [2.05, 4.69) is 61.2 Å². The number of fused-ring (bicyclic) bond motifs is 1. The van der Waals surface area contributed by atoms with Gasteiger partial charge in [-0.25, -0.2) is 9.78 Å². The van der Waals surface area contributed by atoms with E-state index in [1.54, 1.807) is 11.6 Å². The van der Waals surface area contributed by atoms with Gasteiger partial charge in [0.25, 0.3) is 0 Å². The number of nitrogens with one attached hydrogen (secondary N) is 2. The second-order valence-electron chi connectivity index (χ2n) is 12.8. The monoisotopic (exact) mass is 529 g/mol. The van der Waals surface area contributed by atoms with Crippen molar-refractivity contribution in [1.82, 2.24) is 34.6 Å². The Bertz CT molecular complexity index is 1540. The summed E-state index contributed by atoms with van der Waals surface area (Å²) in [5, 5.41) is 11.7. The molecule has 1 aromatic carbocycles. The summed E-state index contributed by atoms with van der Waals surface area (Å²) in [7, 11) is 1.79. The number of imidazole rings is 1. The zero-order valence-corrected chi connectivity index (χ0v) is 23.8. The number of amides is 1. The number of H-pyrrole nitrogens is 1. The van der Waals surface area contributed by atoms with Gasteiger partial charge in [0.05, 0.1) is 11.9 Å². The van der Waals surface area contributed by atoms with Crippen LogP contribution in [-0.4, -0.2) is 41.2 Å². The minimum atomic E-state index is -0.0745. The maximum absolute atomic E-state index is 13.1. The van der Waals surface area contributed by atoms with Crippen molar-refractivity contribution in [3.05, 3.63) is 64.5 Å². The van der Waals surface area contributed by atoms with Crippen LogP contribution in [-0.2, 0) is 24.8 Å². The number of hydrogen-bond acceptors (Lipinski definition) is 5. The van der Waals surface area contributed by atoms with Gasteiger partial charge in [0, 0.05) is 36.8 Å². The third-order valence-electron chi connectivity index (χ3n) is 7.90. The highest BCUT2D eigenvalue weighted by Gasteiger charge is 2.38. The van der Waals surface area contributed by atoms with E-state index in [0.717, 1.165) is 36.0 Å². The molecule has 1 fully saturated rings. The van der Waals surface area contributed by atoms with Crippen molar-refractivity contribution >= 4 is 17.1 Å². The van der Waals surface area contributed by atoms with E-state index in [1.165, 1.54) is 0 Å². The van der Waals surface area contributed by atoms with Crippen LogP contribution in [0.25, 0.3) is 22.6 Å². The fourth-order valence-corrected chi connectivity index (χ4v) is 5.61. The summed E-state index contributed by atoms with van der Waals surface area (Å²) in [4.78, 5) is 34.2. The molecule has 3 aromatic heterocycles. The average molecular weight is 530 g/mol. The molecule has 2 N–H and O–H groups in total. The highest BCUT2D eigenvalue weighted by molar-refractivity contribution is 5.78. The lowest BCUT2D eigenvalue weighted by Gasteiger charge is -2.42. The first-order valence-corrected chi connectivity index (χ1v) is 13.7. The Labute approximate surface area is 229 Å². The van der Waals surface area contributed by atoms with Gasteiger partial charge in [-0.1, -0.05) is 65.0 Å². The maximum atomic E-state index is 13.1. The summed E-state index contributed by atoms with van der Waals surface area (Å²) >= 11 is 0. The SMILES string of the molecule is Cn1c(=O)n(CC(C)(C)C)c2ccc(C3CCC(C)(C)C(NC(=O)Cc4nnc(-c5ccccc5)[nH]4)C3)nc21. The lowest BCUT2D eigenvalue weighted by Crippen LogP contribution is -2.49. The molecule has 0 spiro atoms. The van der Waals surface area contributed by atoms with E-state index in [4.69, 9.17) is 4.98 Å². The van der Waals surface area contributed by atoms with E-state index in [-0.39, 0.29) is 40.8 Å². The van der Waals surface area contributed by atoms with Crippen LogP contribution in [0.5, 0.6) is 0 Å². The number of hydrogen-bond donors (Lipinski definition) is 2. The Hall–Kier alpha value is -3.75. The standard InChI is InChI=1S/C30H39N7O2/c1-29(2,3)18-37-22-13-12-21(31-27(22)36(6)28(37)39)20-14-15-30(4,5)23(16-20)32-25(38)17-24-33-26(35-34-24)19-10-8-7-9-11-19/h7-13,20,23H,14-18H2,1-6H3,(H,32,38)(H,33,34,35). The van der Waals surface area contributed by atoms with E-state index >= 15 is 0 Å². The zero-order chi connectivity index (χ0) is 27.9. The molecule has 2 atom stereocenters. The number of aromatic amines is 1. The summed E-state index contributed by atoms with van der Waals surface area (Å²) in [5.41, 5.74) is 3.38. The van der Waals surface area contributed by atoms with Crippen LogP contribution in [0.15, 0.2) is 47.3 Å². The van der Waals surface area contributed by atoms with Crippen molar-refractivity contribution in [3.8, 4) is 11.4 Å². The molecule has 1 aliphatic rings. The van der Waals surface area contributed by atoms with Crippen molar-refractivity contribution in [2.45, 2.75) is 78.8 Å². The molecule has 9 nitrogen and oxygen atoms in total. The summed E-state index contributed by atoms with van der Waals surface area (Å²) in [5.74, 6) is 1.33. The van der Waals surface area contributed by atoms with Crippen molar-refractivity contribution in [2.75, 3.05) is 0 Å². The molecule has 2 unspecified atom stereocenters. The first-order chi connectivity index (χ1) is 18.4. The smallest absolute Gasteiger partial charge is 0.330 e. The third kappa shape index (κ3) is 5.67. The quantitative estimate of drug-likeness (QED) is 0.380. The van der Waals surface area contributed by atoms with Gasteiger partial charge >= 0.3 is 5.69 Å². The number of aryl methyl sites for hydroxylation is 1. The minimum Gasteiger partial charge on any atom is -0.352 e. The molecule has 3 heterocycles. The molecule has 0 saturated heterocycles. The molecule has 1 aliphatic carbocycles. The van der Waals surface area contributed by atoms with Gasteiger partial charge in [-0.3, -0.25) is 13.9 Å². The van der Waals surface area contributed by atoms with Crippen LogP contribution in [0, 0.1) is 10.8 Å². The Balaban J connectivity index is 1.31. The molecule has 1 saturated carbocycles. The van der Waals surface area contributed by atoms with Crippen LogP contribution in [0.2, 0.25) is 0 Å². The zero-order valence-electron chi connectivity index (χ0n) is 23.8. The van der Waals surface area contributed by atoms with Crippen molar-refractivity contribution in [3.63, 3.8) is 0 Å². The van der Waals surface area contributed by atoms with Gasteiger partial charge in [0.15, 0.2) is 11.5 Å². The molecule has 39 heavy (non-hydrogen) atoms. The van der Waals surface area contributed by atoms with Gasteiger partial charge in [-0.15, -0.1) is 10.2 Å². The number of pyridine rings is 1. The Morgan fingerprint density at radius 1 is 1.13 bits per heavy atom. The van der Waals surface area contributed by atoms with E-state index in [1.807, 2.05) is 41.0 Å². The van der Waals surface area contributed by atoms with Crippen molar-refractivity contribution in [1.29, 1.82) is 0 Å². The highest BCUT2D eigenvalue weighted by atomic mass is 16.2. The van der Waals surface area contributed by atoms with Crippen LogP contribution in [0.4, 0.5) is 0 Å². The number of rotatable bonds is 6. The van der Waals surface area contributed by atoms with Crippen LogP contribution >= 0.6 is 0 Å². The lowest BCUT2D eigenvalue weighted by atomic mass is 9.68.